The highest BCUT2D eigenvalue weighted by atomic mass is 32.2. The van der Waals surface area contributed by atoms with Gasteiger partial charge in [-0.25, -0.2) is 9.97 Å². The number of thioether (sulfide) groups is 1. The van der Waals surface area contributed by atoms with Gasteiger partial charge in [0.1, 0.15) is 5.03 Å². The lowest BCUT2D eigenvalue weighted by atomic mass is 9.97. The van der Waals surface area contributed by atoms with Gasteiger partial charge in [-0.2, -0.15) is 0 Å². The molecular weight excluding hydrogens is 386 g/mol. The molecule has 0 radical (unpaired) electrons. The van der Waals surface area contributed by atoms with E-state index in [1.165, 1.54) is 0 Å². The van der Waals surface area contributed by atoms with Gasteiger partial charge in [0.25, 0.3) is 5.91 Å². The van der Waals surface area contributed by atoms with Crippen molar-refractivity contribution < 1.29 is 9.59 Å². The number of nitrogens with zero attached hydrogens (tertiary/aromatic N) is 3. The van der Waals surface area contributed by atoms with Crippen LogP contribution >= 0.6 is 11.8 Å². The summed E-state index contributed by atoms with van der Waals surface area (Å²) in [5, 5.41) is 3.69. The van der Waals surface area contributed by atoms with Gasteiger partial charge in [0.05, 0.1) is 5.69 Å². The van der Waals surface area contributed by atoms with Crippen molar-refractivity contribution in [2.24, 2.45) is 0 Å². The van der Waals surface area contributed by atoms with E-state index in [0.29, 0.717) is 37.2 Å². The van der Waals surface area contributed by atoms with Crippen LogP contribution in [0.5, 0.6) is 0 Å². The molecule has 2 heterocycles. The Hall–Kier alpha value is -2.61. The number of rotatable bonds is 0. The minimum atomic E-state index is -0.0454. The van der Waals surface area contributed by atoms with Gasteiger partial charge in [-0.1, -0.05) is 6.07 Å². The van der Waals surface area contributed by atoms with Crippen LogP contribution < -0.4 is 11.1 Å². The molecule has 0 fully saturated rings. The highest BCUT2D eigenvalue weighted by molar-refractivity contribution is 7.99. The van der Waals surface area contributed by atoms with E-state index < -0.39 is 0 Å². The summed E-state index contributed by atoms with van der Waals surface area (Å²) < 4.78 is 0. The van der Waals surface area contributed by atoms with Gasteiger partial charge in [0, 0.05) is 37.7 Å². The SMILES string of the molecule is Cc1cc(C)c2cc1C(=O)N(C)CCCNC(=O)CCCSc1cc-2nc(N)n1. The molecule has 0 atom stereocenters. The van der Waals surface area contributed by atoms with Crippen molar-refractivity contribution in [3.8, 4) is 11.3 Å². The number of hydrogen-bond acceptors (Lipinski definition) is 6. The molecule has 0 saturated carbocycles. The maximum Gasteiger partial charge on any atom is 0.253 e. The van der Waals surface area contributed by atoms with Crippen LogP contribution in [-0.4, -0.2) is 52.6 Å². The summed E-state index contributed by atoms with van der Waals surface area (Å²) in [5.74, 6) is 0.953. The summed E-state index contributed by atoms with van der Waals surface area (Å²) in [7, 11) is 1.79. The number of amides is 2. The summed E-state index contributed by atoms with van der Waals surface area (Å²) in [6.07, 6.45) is 1.93. The minimum absolute atomic E-state index is 0.0323. The fraction of sp³-hybridized carbons (Fsp3) is 0.429. The smallest absolute Gasteiger partial charge is 0.253 e. The van der Waals surface area contributed by atoms with Gasteiger partial charge in [0.15, 0.2) is 0 Å². The quantitative estimate of drug-likeness (QED) is 0.644. The molecule has 2 amide bonds. The fourth-order valence-corrected chi connectivity index (χ4v) is 4.21. The lowest BCUT2D eigenvalue weighted by Crippen LogP contribution is -2.32. The Bertz CT molecular complexity index is 932. The molecule has 29 heavy (non-hydrogen) atoms. The number of aromatic nitrogens is 2. The fourth-order valence-electron chi connectivity index (χ4n) is 3.36. The van der Waals surface area contributed by atoms with Crippen LogP contribution in [0.3, 0.4) is 0 Å². The molecule has 1 aromatic heterocycles. The third-order valence-corrected chi connectivity index (χ3v) is 5.93. The molecule has 154 valence electrons. The van der Waals surface area contributed by atoms with Crippen molar-refractivity contribution in [3.63, 3.8) is 0 Å². The first kappa shape index (κ1) is 21.1. The number of nitrogen functional groups attached to an aromatic ring is 1. The molecule has 1 aromatic carbocycles. The Balaban J connectivity index is 2.03. The lowest BCUT2D eigenvalue weighted by molar-refractivity contribution is -0.121. The van der Waals surface area contributed by atoms with E-state index in [4.69, 9.17) is 5.73 Å². The summed E-state index contributed by atoms with van der Waals surface area (Å²) >= 11 is 1.56. The average Bonchev–Trinajstić information content (AvgIpc) is 2.67. The van der Waals surface area contributed by atoms with E-state index in [1.54, 1.807) is 23.7 Å². The van der Waals surface area contributed by atoms with E-state index in [9.17, 15) is 9.59 Å². The Morgan fingerprint density at radius 1 is 1.07 bits per heavy atom. The van der Waals surface area contributed by atoms with Gasteiger partial charge in [-0.3, -0.25) is 9.59 Å². The summed E-state index contributed by atoms with van der Waals surface area (Å²) in [4.78, 5) is 35.4. The Kier molecular flexibility index (Phi) is 6.74. The molecule has 1 aliphatic heterocycles. The first-order valence-electron chi connectivity index (χ1n) is 9.76. The number of nitrogens with one attached hydrogen (secondary N) is 1. The van der Waals surface area contributed by atoms with Crippen LogP contribution in [0, 0.1) is 13.8 Å². The van der Waals surface area contributed by atoms with Gasteiger partial charge < -0.3 is 16.0 Å². The van der Waals surface area contributed by atoms with E-state index in [1.807, 2.05) is 32.0 Å². The molecule has 7 nitrogen and oxygen atoms in total. The minimum Gasteiger partial charge on any atom is -0.368 e. The van der Waals surface area contributed by atoms with Crippen molar-refractivity contribution in [2.45, 2.75) is 38.1 Å². The van der Waals surface area contributed by atoms with Crippen LogP contribution in [0.1, 0.15) is 40.7 Å². The van der Waals surface area contributed by atoms with E-state index >= 15 is 0 Å². The first-order chi connectivity index (χ1) is 13.8. The topological polar surface area (TPSA) is 101 Å². The average molecular weight is 414 g/mol. The predicted molar refractivity (Wildman–Crippen MR) is 116 cm³/mol. The Morgan fingerprint density at radius 3 is 2.62 bits per heavy atom. The van der Waals surface area contributed by atoms with Gasteiger partial charge in [0.2, 0.25) is 11.9 Å². The molecule has 0 unspecified atom stereocenters. The van der Waals surface area contributed by atoms with Crippen LogP contribution in [0.15, 0.2) is 23.2 Å². The maximum absolute atomic E-state index is 13.0. The molecule has 1 aliphatic rings. The van der Waals surface area contributed by atoms with Crippen LogP contribution in [0.25, 0.3) is 11.3 Å². The Morgan fingerprint density at radius 2 is 1.83 bits per heavy atom. The van der Waals surface area contributed by atoms with Crippen LogP contribution in [-0.2, 0) is 4.79 Å². The van der Waals surface area contributed by atoms with Crippen molar-refractivity contribution in [3.05, 3.63) is 34.9 Å². The van der Waals surface area contributed by atoms with Crippen LogP contribution in [0.4, 0.5) is 5.95 Å². The predicted octanol–water partition coefficient (Wildman–Crippen LogP) is 2.81. The van der Waals surface area contributed by atoms with Gasteiger partial charge in [-0.15, -0.1) is 11.8 Å². The Labute approximate surface area is 175 Å². The molecule has 2 aromatic rings. The zero-order chi connectivity index (χ0) is 21.0. The second-order valence-corrected chi connectivity index (χ2v) is 8.43. The van der Waals surface area contributed by atoms with Crippen molar-refractivity contribution in [1.82, 2.24) is 20.2 Å². The van der Waals surface area contributed by atoms with E-state index in [-0.39, 0.29) is 17.8 Å². The molecule has 4 bridgehead atoms. The monoisotopic (exact) mass is 413 g/mol. The molecule has 0 aliphatic carbocycles. The molecule has 8 heteroatoms. The summed E-state index contributed by atoms with van der Waals surface area (Å²) in [6.45, 7) is 5.08. The second-order valence-electron chi connectivity index (χ2n) is 7.31. The highest BCUT2D eigenvalue weighted by Crippen LogP contribution is 2.29. The number of anilines is 1. The number of fused-ring (bicyclic) bond motifs is 5. The molecule has 0 saturated heterocycles. The molecule has 3 N–H and O–H groups in total. The first-order valence-corrected chi connectivity index (χ1v) is 10.7. The van der Waals surface area contributed by atoms with Crippen molar-refractivity contribution in [1.29, 1.82) is 0 Å². The van der Waals surface area contributed by atoms with E-state index in [0.717, 1.165) is 33.9 Å². The summed E-state index contributed by atoms with van der Waals surface area (Å²) in [5.41, 5.74) is 10.1. The largest absolute Gasteiger partial charge is 0.368 e. The van der Waals surface area contributed by atoms with Gasteiger partial charge in [-0.05, 0) is 55.7 Å². The number of carbonyl (C=O) groups is 2. The maximum atomic E-state index is 13.0. The van der Waals surface area contributed by atoms with Crippen LogP contribution in [0.2, 0.25) is 0 Å². The zero-order valence-electron chi connectivity index (χ0n) is 17.1. The number of nitrogens with two attached hydrogens (primary N) is 1. The number of carbonyl (C=O) groups excluding carboxylic acids is 2. The van der Waals surface area contributed by atoms with Gasteiger partial charge >= 0.3 is 0 Å². The number of aryl methyl sites for hydroxylation is 2. The third-order valence-electron chi connectivity index (χ3n) is 4.93. The zero-order valence-corrected chi connectivity index (χ0v) is 17.9. The second kappa shape index (κ2) is 9.26. The lowest BCUT2D eigenvalue weighted by Gasteiger charge is -2.20. The molecular formula is C21H27N5O2S. The number of hydrogen-bond donors (Lipinski definition) is 2. The summed E-state index contributed by atoms with van der Waals surface area (Å²) in [6, 6.07) is 5.81. The van der Waals surface area contributed by atoms with E-state index in [2.05, 4.69) is 15.3 Å². The number of benzene rings is 1. The normalized spacial score (nSPS) is 16.3. The van der Waals surface area contributed by atoms with Crippen molar-refractivity contribution in [2.75, 3.05) is 31.6 Å². The molecule has 3 rings (SSSR count). The standard InChI is InChI=1S/C21H27N5O2S/c1-13-10-14(2)16-11-15(13)17-12-19(25-21(22)24-17)29-9-4-6-18(27)23-7-5-8-26(3)20(16)28/h10-12H,4-9H2,1-3H3,(H,23,27)(H2,22,24,25). The third kappa shape index (κ3) is 5.26. The molecule has 0 spiro atoms. The highest BCUT2D eigenvalue weighted by Gasteiger charge is 2.18. The van der Waals surface area contributed by atoms with Crippen molar-refractivity contribution >= 4 is 29.5 Å².